The maximum Gasteiger partial charge on any atom is 0.454 e. The van der Waals surface area contributed by atoms with Gasteiger partial charge >= 0.3 is 12.4 Å². The van der Waals surface area contributed by atoms with Crippen molar-refractivity contribution in [3.05, 3.63) is 11.8 Å². The molecule has 0 saturated carbocycles. The number of hydrogen-bond donors (Lipinski definition) is 2. The topological polar surface area (TPSA) is 49.3 Å². The Bertz CT molecular complexity index is 293. The third kappa shape index (κ3) is 6.15. The molecule has 0 heterocycles. The highest BCUT2D eigenvalue weighted by Gasteiger charge is 2.41. The van der Waals surface area contributed by atoms with Crippen LogP contribution in [-0.2, 0) is 4.79 Å². The van der Waals surface area contributed by atoms with Crippen LogP contribution in [0.4, 0.5) is 26.3 Å². The first-order valence-electron chi connectivity index (χ1n) is 4.34. The third-order valence-electron chi connectivity index (χ3n) is 1.51. The number of alkyl halides is 6. The van der Waals surface area contributed by atoms with Crippen LogP contribution < -0.4 is 5.32 Å². The second kappa shape index (κ2) is 5.89. The summed E-state index contributed by atoms with van der Waals surface area (Å²) in [5.74, 6) is -2.60. The predicted molar refractivity (Wildman–Crippen MR) is 44.9 cm³/mol. The first-order chi connectivity index (χ1) is 7.59. The van der Waals surface area contributed by atoms with E-state index < -0.39 is 43.1 Å². The minimum atomic E-state index is -5.35. The molecule has 100 valence electrons. The predicted octanol–water partition coefficient (Wildman–Crippen LogP) is 1.54. The van der Waals surface area contributed by atoms with Crippen molar-refractivity contribution < 1.29 is 36.2 Å². The average Bonchev–Trinajstić information content (AvgIpc) is 2.13. The molecule has 0 saturated heterocycles. The van der Waals surface area contributed by atoms with Crippen LogP contribution in [0, 0.1) is 0 Å². The zero-order chi connectivity index (χ0) is 13.7. The number of aliphatic hydroxyl groups excluding tert-OH is 1. The van der Waals surface area contributed by atoms with E-state index in [1.165, 1.54) is 0 Å². The number of rotatable bonds is 5. The van der Waals surface area contributed by atoms with E-state index in [1.807, 2.05) is 0 Å². The number of hydrogen-bond acceptors (Lipinski definition) is 3. The zero-order valence-corrected chi connectivity index (χ0v) is 8.32. The molecule has 0 radical (unpaired) electrons. The van der Waals surface area contributed by atoms with Gasteiger partial charge in [-0.25, -0.2) is 0 Å². The van der Waals surface area contributed by atoms with Crippen molar-refractivity contribution in [2.75, 3.05) is 13.2 Å². The van der Waals surface area contributed by atoms with Gasteiger partial charge in [-0.2, -0.15) is 26.3 Å². The van der Waals surface area contributed by atoms with E-state index in [4.69, 9.17) is 5.11 Å². The molecule has 0 bridgehead atoms. The van der Waals surface area contributed by atoms with Crippen LogP contribution in [0.15, 0.2) is 11.8 Å². The van der Waals surface area contributed by atoms with Gasteiger partial charge in [0.25, 0.3) is 5.78 Å². The summed E-state index contributed by atoms with van der Waals surface area (Å²) in [6.07, 6.45) is -11.1. The summed E-state index contributed by atoms with van der Waals surface area (Å²) in [5, 5.41) is 9.92. The number of ketones is 1. The summed E-state index contributed by atoms with van der Waals surface area (Å²) in [6.45, 7) is -0.821. The summed E-state index contributed by atoms with van der Waals surface area (Å²) >= 11 is 0. The lowest BCUT2D eigenvalue weighted by Crippen LogP contribution is -2.31. The molecule has 0 aliphatic rings. The van der Waals surface area contributed by atoms with Crippen molar-refractivity contribution in [1.29, 1.82) is 0 Å². The van der Waals surface area contributed by atoms with Gasteiger partial charge in [0.05, 0.1) is 0 Å². The smallest absolute Gasteiger partial charge is 0.396 e. The molecule has 9 heteroatoms. The Morgan fingerprint density at radius 1 is 1.12 bits per heavy atom. The van der Waals surface area contributed by atoms with Gasteiger partial charge in [-0.3, -0.25) is 4.79 Å². The highest BCUT2D eigenvalue weighted by Crippen LogP contribution is 2.25. The summed E-state index contributed by atoms with van der Waals surface area (Å²) in [5.41, 5.74) is -1.78. The van der Waals surface area contributed by atoms with Crippen LogP contribution in [0.3, 0.4) is 0 Å². The Labute approximate surface area is 92.1 Å². The molecule has 0 rings (SSSR count). The lowest BCUT2D eigenvalue weighted by molar-refractivity contribution is -0.166. The molecule has 0 aliphatic heterocycles. The Morgan fingerprint density at radius 3 is 2.00 bits per heavy atom. The minimum Gasteiger partial charge on any atom is -0.396 e. The SMILES string of the molecule is O=C(/C=C(/NCCCO)C(F)(F)F)C(F)(F)F. The fourth-order valence-corrected chi connectivity index (χ4v) is 0.748. The van der Waals surface area contributed by atoms with Gasteiger partial charge in [-0.1, -0.05) is 0 Å². The number of carbonyl (C=O) groups is 1. The van der Waals surface area contributed by atoms with Gasteiger partial charge in [0, 0.05) is 19.2 Å². The standard InChI is InChI=1S/C8H9F6NO2/c9-7(10,11)5(15-2-1-3-16)4-6(17)8(12,13)14/h4,15-16H,1-3H2/b5-4+. The molecule has 0 fully saturated rings. The maximum atomic E-state index is 12.2. The fraction of sp³-hybridized carbons (Fsp3) is 0.625. The molecule has 0 aliphatic carbocycles. The van der Waals surface area contributed by atoms with E-state index >= 15 is 0 Å². The van der Waals surface area contributed by atoms with Crippen molar-refractivity contribution in [3.8, 4) is 0 Å². The van der Waals surface area contributed by atoms with Gasteiger partial charge in [0.15, 0.2) is 0 Å². The van der Waals surface area contributed by atoms with Crippen LogP contribution in [0.5, 0.6) is 0 Å². The lowest BCUT2D eigenvalue weighted by Gasteiger charge is -2.14. The van der Waals surface area contributed by atoms with Crippen molar-refractivity contribution in [3.63, 3.8) is 0 Å². The van der Waals surface area contributed by atoms with Gasteiger partial charge in [0.1, 0.15) is 5.70 Å². The second-order valence-corrected chi connectivity index (χ2v) is 2.92. The molecule has 0 aromatic rings. The van der Waals surface area contributed by atoms with Crippen LogP contribution in [0.1, 0.15) is 6.42 Å². The van der Waals surface area contributed by atoms with E-state index in [1.54, 1.807) is 5.32 Å². The first-order valence-corrected chi connectivity index (χ1v) is 4.34. The lowest BCUT2D eigenvalue weighted by atomic mass is 10.2. The summed E-state index contributed by atoms with van der Waals surface area (Å²) in [7, 11) is 0. The van der Waals surface area contributed by atoms with Crippen LogP contribution in [-0.4, -0.2) is 36.4 Å². The average molecular weight is 265 g/mol. The summed E-state index contributed by atoms with van der Waals surface area (Å²) < 4.78 is 71.8. The molecule has 2 N–H and O–H groups in total. The van der Waals surface area contributed by atoms with Gasteiger partial charge in [-0.05, 0) is 6.42 Å². The van der Waals surface area contributed by atoms with Crippen molar-refractivity contribution >= 4 is 5.78 Å². The molecule has 0 atom stereocenters. The Hall–Kier alpha value is -1.25. The first kappa shape index (κ1) is 15.8. The maximum absolute atomic E-state index is 12.2. The molecule has 0 unspecified atom stereocenters. The van der Waals surface area contributed by atoms with Crippen LogP contribution in [0.25, 0.3) is 0 Å². The van der Waals surface area contributed by atoms with Gasteiger partial charge in [0.2, 0.25) is 0 Å². The molecule has 17 heavy (non-hydrogen) atoms. The number of aliphatic hydroxyl groups is 1. The third-order valence-corrected chi connectivity index (χ3v) is 1.51. The fourth-order valence-electron chi connectivity index (χ4n) is 0.748. The molecule has 3 nitrogen and oxygen atoms in total. The molecule has 0 aromatic carbocycles. The minimum absolute atomic E-state index is 0.0897. The Balaban J connectivity index is 4.81. The summed E-state index contributed by atoms with van der Waals surface area (Å²) in [6, 6.07) is 0. The van der Waals surface area contributed by atoms with E-state index in [0.717, 1.165) is 0 Å². The largest absolute Gasteiger partial charge is 0.454 e. The number of halogens is 6. The monoisotopic (exact) mass is 265 g/mol. The van der Waals surface area contributed by atoms with Crippen molar-refractivity contribution in [2.45, 2.75) is 18.8 Å². The summed E-state index contributed by atoms with van der Waals surface area (Å²) in [4.78, 5) is 10.4. The zero-order valence-electron chi connectivity index (χ0n) is 8.32. The Kier molecular flexibility index (Phi) is 5.46. The molecule has 0 aromatic heterocycles. The van der Waals surface area contributed by atoms with E-state index in [9.17, 15) is 31.1 Å². The highest BCUT2D eigenvalue weighted by molar-refractivity contribution is 5.95. The molecule has 0 spiro atoms. The van der Waals surface area contributed by atoms with Crippen LogP contribution >= 0.6 is 0 Å². The highest BCUT2D eigenvalue weighted by atomic mass is 19.4. The number of carbonyl (C=O) groups excluding carboxylic acids is 1. The molecule has 0 amide bonds. The van der Waals surface area contributed by atoms with E-state index in [0.29, 0.717) is 0 Å². The Morgan fingerprint density at radius 2 is 1.65 bits per heavy atom. The van der Waals surface area contributed by atoms with Crippen LogP contribution in [0.2, 0.25) is 0 Å². The van der Waals surface area contributed by atoms with E-state index in [2.05, 4.69) is 0 Å². The molecular weight excluding hydrogens is 256 g/mol. The normalized spacial score (nSPS) is 13.7. The quantitative estimate of drug-likeness (QED) is 0.450. The number of nitrogens with one attached hydrogen (secondary N) is 1. The molecular formula is C8H9F6NO2. The van der Waals surface area contributed by atoms with E-state index in [-0.39, 0.29) is 6.42 Å². The van der Waals surface area contributed by atoms with Gasteiger partial charge in [-0.15, -0.1) is 0 Å². The number of allylic oxidation sites excluding steroid dienone is 2. The van der Waals surface area contributed by atoms with Gasteiger partial charge < -0.3 is 10.4 Å². The van der Waals surface area contributed by atoms with Crippen molar-refractivity contribution in [2.24, 2.45) is 0 Å². The van der Waals surface area contributed by atoms with Crippen molar-refractivity contribution in [1.82, 2.24) is 5.32 Å². The second-order valence-electron chi connectivity index (χ2n) is 2.92.